The molecule has 8 aromatic rings. The molecular weight excluding hydrogens is 992 g/mol. The molecule has 4 aromatic heterocycles. The predicted molar refractivity (Wildman–Crippen MR) is 266 cm³/mol. The van der Waals surface area contributed by atoms with Gasteiger partial charge in [-0.05, 0) is 98.5 Å². The minimum Gasteiger partial charge on any atom is -0.399 e. The van der Waals surface area contributed by atoms with Crippen LogP contribution in [0.15, 0.2) is 108 Å². The van der Waals surface area contributed by atoms with Gasteiger partial charge in [-0.1, -0.05) is 75.5 Å². The Morgan fingerprint density at radius 2 is 1.18 bits per heavy atom. The van der Waals surface area contributed by atoms with Crippen LogP contribution in [0.4, 0.5) is 30.0 Å². The number of nitrogens with zero attached hydrogens (tertiary/aromatic N) is 4. The molecule has 1 fully saturated rings. The molecule has 12 nitrogen and oxygen atoms in total. The van der Waals surface area contributed by atoms with Gasteiger partial charge in [0.25, 0.3) is 0 Å². The number of anilines is 2. The summed E-state index contributed by atoms with van der Waals surface area (Å²) in [5.74, 6) is 0.166. The first kappa shape index (κ1) is 48.3. The number of aromatic nitrogens is 4. The number of fused-ring (bicyclic) bond motifs is 2. The summed E-state index contributed by atoms with van der Waals surface area (Å²) in [5.41, 5.74) is 19.2. The number of carbonyl (C=O) groups is 2. The van der Waals surface area contributed by atoms with Gasteiger partial charge in [-0.2, -0.15) is 0 Å². The summed E-state index contributed by atoms with van der Waals surface area (Å²) < 4.78 is 43.7. The molecule has 0 atom stereocenters. The maximum atomic E-state index is 15.5. The van der Waals surface area contributed by atoms with E-state index >= 15 is 4.39 Å². The quantitative estimate of drug-likeness (QED) is 0.0857. The van der Waals surface area contributed by atoms with Gasteiger partial charge in [0.15, 0.2) is 0 Å². The van der Waals surface area contributed by atoms with E-state index in [2.05, 4.69) is 46.5 Å². The molecule has 6 N–H and O–H groups in total. The normalized spacial score (nSPS) is 13.7. The molecule has 0 spiro atoms. The average molecular weight is 1030 g/mol. The summed E-state index contributed by atoms with van der Waals surface area (Å²) in [6, 6.07) is 23.5. The van der Waals surface area contributed by atoms with E-state index in [9.17, 15) is 14.0 Å². The number of halogens is 5. The van der Waals surface area contributed by atoms with Gasteiger partial charge in [0.2, 0.25) is 0 Å². The number of rotatable bonds is 8. The summed E-state index contributed by atoms with van der Waals surface area (Å²) in [6.45, 7) is 7.96. The molecule has 5 heterocycles. The smallest absolute Gasteiger partial charge is 0.399 e. The Hall–Kier alpha value is -5.60. The fourth-order valence-corrected chi connectivity index (χ4v) is 9.06. The first-order chi connectivity index (χ1) is 31.4. The van der Waals surface area contributed by atoms with Crippen molar-refractivity contribution in [2.24, 2.45) is 11.5 Å². The number of nitrogens with one attached hydrogen (secondary N) is 2. The molecule has 338 valence electrons. The van der Waals surface area contributed by atoms with E-state index in [0.29, 0.717) is 72.3 Å². The molecule has 0 bridgehead atoms. The average Bonchev–Trinajstić information content (AvgIpc) is 3.99. The number of urea groups is 2. The molecular formula is C46H40BBrCl2F2N8O4S2. The number of hydrogen-bond acceptors (Lipinski definition) is 10. The van der Waals surface area contributed by atoms with Crippen molar-refractivity contribution < 1.29 is 27.7 Å². The number of nitrogens with two attached hydrogens (primary N) is 2. The lowest BCUT2D eigenvalue weighted by Gasteiger charge is -2.32. The Morgan fingerprint density at radius 3 is 1.62 bits per heavy atom. The van der Waals surface area contributed by atoms with Gasteiger partial charge >= 0.3 is 19.2 Å². The minimum absolute atomic E-state index is 0.238. The second-order valence-corrected chi connectivity index (χ2v) is 19.0. The number of amides is 4. The summed E-state index contributed by atoms with van der Waals surface area (Å²) in [7, 11) is -0.458. The van der Waals surface area contributed by atoms with Crippen LogP contribution in [0.2, 0.25) is 10.0 Å². The molecule has 1 aliphatic heterocycles. The van der Waals surface area contributed by atoms with Crippen LogP contribution in [-0.2, 0) is 21.1 Å². The third-order valence-electron chi connectivity index (χ3n) is 10.7. The lowest BCUT2D eigenvalue weighted by atomic mass is 9.80. The highest BCUT2D eigenvalue weighted by Gasteiger charge is 2.51. The number of alkyl halides is 1. The van der Waals surface area contributed by atoms with Crippen molar-refractivity contribution in [3.63, 3.8) is 0 Å². The van der Waals surface area contributed by atoms with Crippen molar-refractivity contribution in [2.75, 3.05) is 10.6 Å². The van der Waals surface area contributed by atoms with E-state index in [4.69, 9.17) is 44.0 Å². The van der Waals surface area contributed by atoms with E-state index < -0.39 is 19.2 Å². The highest BCUT2D eigenvalue weighted by molar-refractivity contribution is 9.08. The Bertz CT molecular complexity index is 3040. The predicted octanol–water partition coefficient (Wildman–Crippen LogP) is 11.8. The van der Waals surface area contributed by atoms with Crippen molar-refractivity contribution >= 4 is 119 Å². The second kappa shape index (κ2) is 20.5. The highest BCUT2D eigenvalue weighted by Crippen LogP contribution is 2.39. The zero-order chi connectivity index (χ0) is 47.3. The number of carbonyl (C=O) groups excluding carboxylic acids is 2. The van der Waals surface area contributed by atoms with Crippen LogP contribution >= 0.6 is 61.8 Å². The lowest BCUT2D eigenvalue weighted by Crippen LogP contribution is -2.41. The largest absolute Gasteiger partial charge is 0.496 e. The molecule has 0 aliphatic carbocycles. The van der Waals surface area contributed by atoms with Crippen LogP contribution in [0.5, 0.6) is 0 Å². The van der Waals surface area contributed by atoms with Crippen molar-refractivity contribution in [1.82, 2.24) is 19.9 Å². The first-order valence-corrected chi connectivity index (χ1v) is 23.6. The molecule has 4 amide bonds. The third kappa shape index (κ3) is 11.1. The van der Waals surface area contributed by atoms with E-state index in [0.717, 1.165) is 26.0 Å². The topological polar surface area (TPSA) is 180 Å². The zero-order valence-corrected chi connectivity index (χ0v) is 40.4. The van der Waals surface area contributed by atoms with E-state index in [1.807, 2.05) is 58.0 Å². The Morgan fingerprint density at radius 1 is 0.697 bits per heavy atom. The van der Waals surface area contributed by atoms with Gasteiger partial charge in [-0.15, -0.1) is 22.7 Å². The molecule has 0 unspecified atom stereocenters. The van der Waals surface area contributed by atoms with E-state index in [1.54, 1.807) is 78.0 Å². The molecule has 9 rings (SSSR count). The fraction of sp³-hybridized carbons (Fsp3) is 0.174. The number of hydrogen-bond donors (Lipinski definition) is 4. The molecule has 1 aliphatic rings. The monoisotopic (exact) mass is 1030 g/mol. The van der Waals surface area contributed by atoms with Crippen LogP contribution in [0.25, 0.3) is 42.7 Å². The molecule has 0 saturated carbocycles. The van der Waals surface area contributed by atoms with Crippen molar-refractivity contribution in [3.8, 4) is 22.3 Å². The van der Waals surface area contributed by atoms with Gasteiger partial charge < -0.3 is 20.8 Å². The fourth-order valence-electron chi connectivity index (χ4n) is 6.78. The molecule has 4 aromatic carbocycles. The standard InChI is InChI=1S/C20H14ClFN4OS.C14H8BrClFNS.C12H18BN3O3/c21-14-3-1-2-12(7-14)17-18(22)13(8-15-19(17)25-10-28-15)6-11-4-5-16(24-9-11)26-20(23)27;15-6-9-5-11-14(18-7-19-11)12(13(9)17)8-2-1-3-10(16)4-8;1-11(2)12(3,4)19-13(18-11)8-5-6-9(15-7-8)16-10(14)17/h1-5,7-10H,6H2,(H3,23,24,26,27);1-5,7H,6H2;5-7H,1-4H3,(H3,14,15,16,17). The van der Waals surface area contributed by atoms with Gasteiger partial charge in [0.1, 0.15) is 23.3 Å². The number of pyridine rings is 2. The molecule has 0 radical (unpaired) electrons. The third-order valence-corrected chi connectivity index (χ3v) is 13.3. The van der Waals surface area contributed by atoms with Crippen LogP contribution < -0.4 is 27.6 Å². The number of primary amides is 2. The summed E-state index contributed by atoms with van der Waals surface area (Å²) in [4.78, 5) is 38.4. The first-order valence-electron chi connectivity index (χ1n) is 20.0. The Balaban J connectivity index is 0.000000152. The molecule has 66 heavy (non-hydrogen) atoms. The van der Waals surface area contributed by atoms with Crippen LogP contribution in [-0.4, -0.2) is 50.3 Å². The SMILES string of the molecule is CC1(C)OB(c2ccc(NC(N)=O)nc2)OC1(C)C.Fc1c(CBr)cc2scnc2c1-c1cccc(Cl)c1.NC(=O)Nc1ccc(Cc2cc3scnc3c(-c3cccc(Cl)c3)c2F)cn1. The number of benzene rings is 4. The maximum absolute atomic E-state index is 15.5. The van der Waals surface area contributed by atoms with Gasteiger partial charge in [-0.25, -0.2) is 38.3 Å². The van der Waals surface area contributed by atoms with Crippen LogP contribution in [0.3, 0.4) is 0 Å². The highest BCUT2D eigenvalue weighted by atomic mass is 79.9. The lowest BCUT2D eigenvalue weighted by molar-refractivity contribution is 0.00578. The Labute approximate surface area is 405 Å². The summed E-state index contributed by atoms with van der Waals surface area (Å²) in [5, 5.41) is 6.39. The van der Waals surface area contributed by atoms with Gasteiger partial charge in [-0.3, -0.25) is 10.6 Å². The van der Waals surface area contributed by atoms with Gasteiger partial charge in [0.05, 0.1) is 42.7 Å². The maximum Gasteiger partial charge on any atom is 0.496 e. The number of thiazole rings is 2. The minimum atomic E-state index is -0.687. The molecule has 1 saturated heterocycles. The van der Waals surface area contributed by atoms with Crippen molar-refractivity contribution in [2.45, 2.75) is 50.6 Å². The van der Waals surface area contributed by atoms with Crippen molar-refractivity contribution in [1.29, 1.82) is 0 Å². The van der Waals surface area contributed by atoms with Crippen molar-refractivity contribution in [3.05, 3.63) is 147 Å². The second-order valence-electron chi connectivity index (χ2n) is 15.8. The summed E-state index contributed by atoms with van der Waals surface area (Å²) >= 11 is 18.4. The van der Waals surface area contributed by atoms with Crippen LogP contribution in [0.1, 0.15) is 44.4 Å². The van der Waals surface area contributed by atoms with Crippen LogP contribution in [0, 0.1) is 11.6 Å². The van der Waals surface area contributed by atoms with E-state index in [-0.39, 0.29) is 22.8 Å². The van der Waals surface area contributed by atoms with E-state index in [1.165, 1.54) is 22.7 Å². The summed E-state index contributed by atoms with van der Waals surface area (Å²) in [6.07, 6.45) is 3.53. The van der Waals surface area contributed by atoms with Gasteiger partial charge in [0, 0.05) is 56.3 Å². The Kier molecular flexibility index (Phi) is 15.0. The molecule has 20 heteroatoms. The zero-order valence-electron chi connectivity index (χ0n) is 35.7.